The van der Waals surface area contributed by atoms with Crippen molar-refractivity contribution in [3.8, 4) is 0 Å². The zero-order chi connectivity index (χ0) is 15.3. The number of nitrogens with zero attached hydrogens (tertiary/aromatic N) is 3. The smallest absolute Gasteiger partial charge is 0.304 e. The summed E-state index contributed by atoms with van der Waals surface area (Å²) in [4.78, 5) is 20.7. The predicted octanol–water partition coefficient (Wildman–Crippen LogP) is -0.160. The maximum atomic E-state index is 11.8. The third kappa shape index (κ3) is 4.94. The van der Waals surface area contributed by atoms with Gasteiger partial charge < -0.3 is 10.0 Å². The van der Waals surface area contributed by atoms with Crippen LogP contribution in [0.15, 0.2) is 18.5 Å². The standard InChI is InChI=1S/C12H18N4O4S/c17-11(18)4-8-21(19,20)15-10-3-1-7-16(9-10)12-13-5-2-6-14-12/h2,5-6,10,15H,1,3-4,7-9H2,(H,17,18). The second-order valence-electron chi connectivity index (χ2n) is 4.91. The Bertz CT molecular complexity index is 578. The molecule has 21 heavy (non-hydrogen) atoms. The lowest BCUT2D eigenvalue weighted by Gasteiger charge is -2.32. The highest BCUT2D eigenvalue weighted by atomic mass is 32.2. The van der Waals surface area contributed by atoms with Crippen LogP contribution in [0.3, 0.4) is 0 Å². The molecule has 1 aliphatic rings. The van der Waals surface area contributed by atoms with Crippen LogP contribution in [0.25, 0.3) is 0 Å². The van der Waals surface area contributed by atoms with Gasteiger partial charge in [-0.25, -0.2) is 23.1 Å². The maximum absolute atomic E-state index is 11.8. The molecule has 2 N–H and O–H groups in total. The van der Waals surface area contributed by atoms with Gasteiger partial charge in [-0.3, -0.25) is 4.79 Å². The second-order valence-corrected chi connectivity index (χ2v) is 6.79. The van der Waals surface area contributed by atoms with E-state index in [4.69, 9.17) is 5.11 Å². The molecule has 1 aromatic heterocycles. The molecule has 0 spiro atoms. The lowest BCUT2D eigenvalue weighted by Crippen LogP contribution is -2.48. The van der Waals surface area contributed by atoms with E-state index in [-0.39, 0.29) is 6.04 Å². The highest BCUT2D eigenvalue weighted by molar-refractivity contribution is 7.89. The highest BCUT2D eigenvalue weighted by Crippen LogP contribution is 2.15. The number of hydrogen-bond acceptors (Lipinski definition) is 6. The van der Waals surface area contributed by atoms with Crippen molar-refractivity contribution < 1.29 is 18.3 Å². The van der Waals surface area contributed by atoms with Crippen molar-refractivity contribution >= 4 is 21.9 Å². The van der Waals surface area contributed by atoms with Crippen molar-refractivity contribution in [3.05, 3.63) is 18.5 Å². The summed E-state index contributed by atoms with van der Waals surface area (Å²) in [6.45, 7) is 1.26. The Morgan fingerprint density at radius 3 is 2.81 bits per heavy atom. The van der Waals surface area contributed by atoms with E-state index >= 15 is 0 Å². The van der Waals surface area contributed by atoms with Crippen LogP contribution in [-0.2, 0) is 14.8 Å². The lowest BCUT2D eigenvalue weighted by atomic mass is 10.1. The Morgan fingerprint density at radius 1 is 1.43 bits per heavy atom. The fourth-order valence-electron chi connectivity index (χ4n) is 2.24. The highest BCUT2D eigenvalue weighted by Gasteiger charge is 2.25. The number of nitrogens with one attached hydrogen (secondary N) is 1. The van der Waals surface area contributed by atoms with Crippen molar-refractivity contribution in [3.63, 3.8) is 0 Å². The van der Waals surface area contributed by atoms with E-state index in [1.54, 1.807) is 18.5 Å². The van der Waals surface area contributed by atoms with Crippen LogP contribution >= 0.6 is 0 Å². The number of sulfonamides is 1. The van der Waals surface area contributed by atoms with E-state index in [0.29, 0.717) is 12.5 Å². The first-order valence-corrected chi connectivity index (χ1v) is 8.35. The average Bonchev–Trinajstić information content (AvgIpc) is 2.46. The van der Waals surface area contributed by atoms with Crippen LogP contribution in [-0.4, -0.2) is 54.3 Å². The van der Waals surface area contributed by atoms with Gasteiger partial charge in [-0.05, 0) is 18.9 Å². The summed E-state index contributed by atoms with van der Waals surface area (Å²) in [5.74, 6) is -0.948. The first-order chi connectivity index (χ1) is 9.96. The molecule has 9 heteroatoms. The minimum atomic E-state index is -3.58. The third-order valence-electron chi connectivity index (χ3n) is 3.19. The van der Waals surface area contributed by atoms with Crippen molar-refractivity contribution in [2.75, 3.05) is 23.7 Å². The molecular weight excluding hydrogens is 296 g/mol. The molecule has 1 unspecified atom stereocenters. The van der Waals surface area contributed by atoms with E-state index in [1.165, 1.54) is 0 Å². The van der Waals surface area contributed by atoms with E-state index in [2.05, 4.69) is 14.7 Å². The first-order valence-electron chi connectivity index (χ1n) is 6.70. The van der Waals surface area contributed by atoms with Gasteiger partial charge in [0.2, 0.25) is 16.0 Å². The Hall–Kier alpha value is -1.74. The number of hydrogen-bond donors (Lipinski definition) is 2. The molecule has 0 saturated carbocycles. The largest absolute Gasteiger partial charge is 0.481 e. The number of carbonyl (C=O) groups is 1. The Balaban J connectivity index is 1.94. The fraction of sp³-hybridized carbons (Fsp3) is 0.583. The third-order valence-corrected chi connectivity index (χ3v) is 4.62. The number of carboxylic acids is 1. The van der Waals surface area contributed by atoms with Crippen LogP contribution in [0, 0.1) is 0 Å². The molecule has 2 rings (SSSR count). The lowest BCUT2D eigenvalue weighted by molar-refractivity contribution is -0.136. The van der Waals surface area contributed by atoms with E-state index in [9.17, 15) is 13.2 Å². The summed E-state index contributed by atoms with van der Waals surface area (Å²) in [5.41, 5.74) is 0. The van der Waals surface area contributed by atoms with Crippen LogP contribution in [0.5, 0.6) is 0 Å². The molecule has 1 fully saturated rings. The normalized spacial score (nSPS) is 19.4. The van der Waals surface area contributed by atoms with Gasteiger partial charge in [0.1, 0.15) is 0 Å². The Kier molecular flexibility index (Phi) is 5.07. The van der Waals surface area contributed by atoms with Gasteiger partial charge >= 0.3 is 5.97 Å². The molecule has 1 aliphatic heterocycles. The summed E-state index contributed by atoms with van der Waals surface area (Å²) in [6, 6.07) is 1.47. The summed E-state index contributed by atoms with van der Waals surface area (Å²) in [6.07, 6.45) is 4.43. The minimum absolute atomic E-state index is 0.249. The van der Waals surface area contributed by atoms with E-state index in [1.807, 2.05) is 4.90 Å². The van der Waals surface area contributed by atoms with Crippen LogP contribution < -0.4 is 9.62 Å². The number of anilines is 1. The number of piperidine rings is 1. The van der Waals surface area contributed by atoms with Gasteiger partial charge in [0.05, 0.1) is 12.2 Å². The van der Waals surface area contributed by atoms with Crippen LogP contribution in [0.1, 0.15) is 19.3 Å². The van der Waals surface area contributed by atoms with Gasteiger partial charge in [0.15, 0.2) is 0 Å². The number of aromatic nitrogens is 2. The SMILES string of the molecule is O=C(O)CCS(=O)(=O)NC1CCCN(c2ncccn2)C1. The molecule has 8 nitrogen and oxygen atoms in total. The zero-order valence-corrected chi connectivity index (χ0v) is 12.3. The number of rotatable bonds is 6. The number of aliphatic carboxylic acids is 1. The molecule has 1 saturated heterocycles. The van der Waals surface area contributed by atoms with Gasteiger partial charge in [0.25, 0.3) is 0 Å². The summed E-state index contributed by atoms with van der Waals surface area (Å²) in [7, 11) is -3.58. The van der Waals surface area contributed by atoms with Gasteiger partial charge in [-0.2, -0.15) is 0 Å². The van der Waals surface area contributed by atoms with Crippen LogP contribution in [0.4, 0.5) is 5.95 Å². The average molecular weight is 314 g/mol. The van der Waals surface area contributed by atoms with E-state index < -0.39 is 28.2 Å². The van der Waals surface area contributed by atoms with Crippen molar-refractivity contribution in [2.45, 2.75) is 25.3 Å². The van der Waals surface area contributed by atoms with Gasteiger partial charge in [0, 0.05) is 31.5 Å². The second kappa shape index (κ2) is 6.81. The molecule has 0 bridgehead atoms. The fourth-order valence-corrected chi connectivity index (χ4v) is 3.51. The first kappa shape index (κ1) is 15.6. The van der Waals surface area contributed by atoms with E-state index in [0.717, 1.165) is 19.4 Å². The quantitative estimate of drug-likeness (QED) is 0.750. The molecule has 116 valence electrons. The monoisotopic (exact) mass is 314 g/mol. The zero-order valence-electron chi connectivity index (χ0n) is 11.5. The number of carboxylic acid groups (broad SMARTS) is 1. The summed E-state index contributed by atoms with van der Waals surface area (Å²) >= 11 is 0. The van der Waals surface area contributed by atoms with Crippen molar-refractivity contribution in [2.24, 2.45) is 0 Å². The Labute approximate surface area is 123 Å². The van der Waals surface area contributed by atoms with Gasteiger partial charge in [-0.15, -0.1) is 0 Å². The summed E-state index contributed by atoms with van der Waals surface area (Å²) < 4.78 is 26.2. The van der Waals surface area contributed by atoms with Crippen molar-refractivity contribution in [1.82, 2.24) is 14.7 Å². The predicted molar refractivity (Wildman–Crippen MR) is 76.4 cm³/mol. The summed E-state index contributed by atoms with van der Waals surface area (Å²) in [5, 5.41) is 8.56. The molecule has 0 aromatic carbocycles. The maximum Gasteiger partial charge on any atom is 0.304 e. The van der Waals surface area contributed by atoms with Gasteiger partial charge in [-0.1, -0.05) is 0 Å². The molecular formula is C12H18N4O4S. The molecule has 1 atom stereocenters. The molecule has 0 aliphatic carbocycles. The molecule has 0 radical (unpaired) electrons. The molecule has 0 amide bonds. The molecule has 2 heterocycles. The van der Waals surface area contributed by atoms with Crippen molar-refractivity contribution in [1.29, 1.82) is 0 Å². The Morgan fingerprint density at radius 2 is 2.14 bits per heavy atom. The minimum Gasteiger partial charge on any atom is -0.481 e. The van der Waals surface area contributed by atoms with Crippen LogP contribution in [0.2, 0.25) is 0 Å². The topological polar surface area (TPSA) is 112 Å². The molecule has 1 aromatic rings.